The van der Waals surface area contributed by atoms with E-state index in [0.717, 1.165) is 36.3 Å². The molecule has 2 unspecified atom stereocenters. The molecule has 3 rings (SSSR count). The molecule has 0 saturated carbocycles. The zero-order valence-corrected chi connectivity index (χ0v) is 13.1. The molecule has 4 nitrogen and oxygen atoms in total. The summed E-state index contributed by atoms with van der Waals surface area (Å²) in [6.45, 7) is 4.08. The molecule has 0 radical (unpaired) electrons. The van der Waals surface area contributed by atoms with E-state index in [1.54, 1.807) is 10.4 Å². The van der Waals surface area contributed by atoms with Gasteiger partial charge >= 0.3 is 0 Å². The molecule has 2 aliphatic rings. The molecular weight excluding hydrogens is 304 g/mol. The summed E-state index contributed by atoms with van der Waals surface area (Å²) >= 11 is 7.15. The first kappa shape index (κ1) is 13.8. The van der Waals surface area contributed by atoms with Gasteiger partial charge in [0, 0.05) is 19.1 Å². The molecule has 0 amide bonds. The van der Waals surface area contributed by atoms with Gasteiger partial charge in [-0.15, -0.1) is 11.3 Å². The van der Waals surface area contributed by atoms with Crippen LogP contribution in [0.4, 0.5) is 0 Å². The Labute approximate surface area is 122 Å². The van der Waals surface area contributed by atoms with Crippen molar-refractivity contribution in [2.45, 2.75) is 30.0 Å². The molecule has 1 N–H and O–H groups in total. The highest BCUT2D eigenvalue weighted by Gasteiger charge is 2.38. The summed E-state index contributed by atoms with van der Waals surface area (Å²) in [6.07, 6.45) is 1.98. The lowest BCUT2D eigenvalue weighted by Gasteiger charge is -2.33. The van der Waals surface area contributed by atoms with E-state index in [2.05, 4.69) is 5.32 Å². The third-order valence-electron chi connectivity index (χ3n) is 4.05. The number of thiophene rings is 1. The van der Waals surface area contributed by atoms with Crippen molar-refractivity contribution in [3.63, 3.8) is 0 Å². The number of rotatable bonds is 2. The van der Waals surface area contributed by atoms with Gasteiger partial charge in [-0.1, -0.05) is 11.6 Å². The third-order valence-corrected chi connectivity index (χ3v) is 7.92. The second-order valence-electron chi connectivity index (χ2n) is 5.28. The molecule has 106 valence electrons. The van der Waals surface area contributed by atoms with Gasteiger partial charge in [-0.3, -0.25) is 0 Å². The minimum absolute atomic E-state index is 0.374. The number of piperidine rings is 1. The zero-order valence-electron chi connectivity index (χ0n) is 10.7. The van der Waals surface area contributed by atoms with Crippen molar-refractivity contribution in [1.29, 1.82) is 0 Å². The van der Waals surface area contributed by atoms with E-state index in [0.29, 0.717) is 33.6 Å². The topological polar surface area (TPSA) is 49.4 Å². The van der Waals surface area contributed by atoms with Crippen LogP contribution in [0.3, 0.4) is 0 Å². The van der Waals surface area contributed by atoms with Gasteiger partial charge in [0.15, 0.2) is 0 Å². The lowest BCUT2D eigenvalue weighted by atomic mass is 9.95. The Morgan fingerprint density at radius 1 is 1.47 bits per heavy atom. The van der Waals surface area contributed by atoms with Gasteiger partial charge in [0.05, 0.1) is 4.34 Å². The maximum Gasteiger partial charge on any atom is 0.252 e. The van der Waals surface area contributed by atoms with Crippen LogP contribution in [0.25, 0.3) is 0 Å². The highest BCUT2D eigenvalue weighted by atomic mass is 35.5. The predicted octanol–water partition coefficient (Wildman–Crippen LogP) is 2.08. The van der Waals surface area contributed by atoms with E-state index in [9.17, 15) is 8.42 Å². The van der Waals surface area contributed by atoms with Gasteiger partial charge in [0.25, 0.3) is 10.0 Å². The van der Waals surface area contributed by atoms with Crippen LogP contribution in [-0.4, -0.2) is 38.4 Å². The lowest BCUT2D eigenvalue weighted by Crippen LogP contribution is -2.46. The van der Waals surface area contributed by atoms with Crippen LogP contribution < -0.4 is 5.32 Å². The fourth-order valence-electron chi connectivity index (χ4n) is 2.92. The van der Waals surface area contributed by atoms with Gasteiger partial charge in [0.1, 0.15) is 4.21 Å². The van der Waals surface area contributed by atoms with Gasteiger partial charge in [-0.05, 0) is 43.9 Å². The summed E-state index contributed by atoms with van der Waals surface area (Å²) in [4.78, 5) is 0. The molecule has 0 aliphatic carbocycles. The smallest absolute Gasteiger partial charge is 0.252 e. The Balaban J connectivity index is 1.84. The lowest BCUT2D eigenvalue weighted by molar-refractivity contribution is 0.247. The van der Waals surface area contributed by atoms with Crippen molar-refractivity contribution in [2.24, 2.45) is 5.92 Å². The second-order valence-corrected chi connectivity index (χ2v) is 9.10. The third kappa shape index (κ3) is 2.45. The Morgan fingerprint density at radius 2 is 2.26 bits per heavy atom. The number of fused-ring (bicyclic) bond motifs is 1. The van der Waals surface area contributed by atoms with Crippen LogP contribution >= 0.6 is 22.9 Å². The molecule has 0 bridgehead atoms. The Kier molecular flexibility index (Phi) is 3.64. The minimum Gasteiger partial charge on any atom is -0.314 e. The molecule has 2 fully saturated rings. The van der Waals surface area contributed by atoms with Crippen LogP contribution in [-0.2, 0) is 10.0 Å². The second kappa shape index (κ2) is 5.00. The van der Waals surface area contributed by atoms with E-state index in [1.165, 1.54) is 0 Å². The van der Waals surface area contributed by atoms with Gasteiger partial charge < -0.3 is 5.32 Å². The molecule has 7 heteroatoms. The van der Waals surface area contributed by atoms with Crippen molar-refractivity contribution >= 4 is 33.0 Å². The summed E-state index contributed by atoms with van der Waals surface area (Å²) < 4.78 is 27.8. The Morgan fingerprint density at radius 3 is 2.95 bits per heavy atom. The first-order valence-corrected chi connectivity index (χ1v) is 9.11. The van der Waals surface area contributed by atoms with Crippen LogP contribution in [0.1, 0.15) is 18.4 Å². The average molecular weight is 321 g/mol. The van der Waals surface area contributed by atoms with Crippen LogP contribution in [0, 0.1) is 12.8 Å². The van der Waals surface area contributed by atoms with E-state index < -0.39 is 10.0 Å². The monoisotopic (exact) mass is 320 g/mol. The Hall–Kier alpha value is -0.140. The van der Waals surface area contributed by atoms with Gasteiger partial charge in [-0.2, -0.15) is 4.31 Å². The number of nitrogens with zero attached hydrogens (tertiary/aromatic N) is 1. The first-order valence-electron chi connectivity index (χ1n) is 6.48. The fourth-order valence-corrected chi connectivity index (χ4v) is 6.29. The molecule has 2 atom stereocenters. The van der Waals surface area contributed by atoms with E-state index in [4.69, 9.17) is 11.6 Å². The highest BCUT2D eigenvalue weighted by Crippen LogP contribution is 2.34. The largest absolute Gasteiger partial charge is 0.314 e. The van der Waals surface area contributed by atoms with Crippen molar-refractivity contribution < 1.29 is 8.42 Å². The number of sulfonamides is 1. The molecule has 0 spiro atoms. The minimum atomic E-state index is -3.36. The molecule has 3 heterocycles. The van der Waals surface area contributed by atoms with Crippen LogP contribution in [0.2, 0.25) is 4.34 Å². The summed E-state index contributed by atoms with van der Waals surface area (Å²) in [6, 6.07) is 2.18. The zero-order chi connectivity index (χ0) is 13.6. The van der Waals surface area contributed by atoms with E-state index in [1.807, 2.05) is 6.92 Å². The van der Waals surface area contributed by atoms with Gasteiger partial charge in [-0.25, -0.2) is 8.42 Å². The maximum absolute atomic E-state index is 12.6. The van der Waals surface area contributed by atoms with Crippen LogP contribution in [0.5, 0.6) is 0 Å². The van der Waals surface area contributed by atoms with Gasteiger partial charge in [0.2, 0.25) is 0 Å². The summed E-state index contributed by atoms with van der Waals surface area (Å²) in [5, 5.41) is 3.44. The number of nitrogens with one attached hydrogen (secondary N) is 1. The average Bonchev–Trinajstić information content (AvgIpc) is 2.96. The number of hydrogen-bond acceptors (Lipinski definition) is 4. The molecule has 1 aromatic heterocycles. The quantitative estimate of drug-likeness (QED) is 0.907. The van der Waals surface area contributed by atoms with Crippen molar-refractivity contribution in [3.8, 4) is 0 Å². The molecule has 1 aromatic rings. The summed E-state index contributed by atoms with van der Waals surface area (Å²) in [5.74, 6) is 0.458. The molecule has 0 aromatic carbocycles. The van der Waals surface area contributed by atoms with Crippen molar-refractivity contribution in [1.82, 2.24) is 9.62 Å². The SMILES string of the molecule is Cc1cc(S(=O)(=O)N2CCC3NCCC3C2)sc1Cl. The summed E-state index contributed by atoms with van der Waals surface area (Å²) in [5.41, 5.74) is 0.836. The number of halogens is 1. The van der Waals surface area contributed by atoms with Crippen LogP contribution in [0.15, 0.2) is 10.3 Å². The standard InChI is InChI=1S/C12H17ClN2O2S2/c1-8-6-11(18-12(8)13)19(16,17)15-5-3-10-9(7-15)2-4-14-10/h6,9-10,14H,2-5,7H2,1H3. The maximum atomic E-state index is 12.6. The highest BCUT2D eigenvalue weighted by molar-refractivity contribution is 7.91. The molecule has 2 aliphatic heterocycles. The van der Waals surface area contributed by atoms with Crippen molar-refractivity contribution in [2.75, 3.05) is 19.6 Å². The normalized spacial score (nSPS) is 28.5. The number of hydrogen-bond donors (Lipinski definition) is 1. The van der Waals surface area contributed by atoms with E-state index >= 15 is 0 Å². The molecular formula is C12H17ClN2O2S2. The first-order chi connectivity index (χ1) is 8.98. The fraction of sp³-hybridized carbons (Fsp3) is 0.667. The molecule has 19 heavy (non-hydrogen) atoms. The Bertz CT molecular complexity index is 565. The summed E-state index contributed by atoms with van der Waals surface area (Å²) in [7, 11) is -3.36. The predicted molar refractivity (Wildman–Crippen MR) is 77.3 cm³/mol. The van der Waals surface area contributed by atoms with Crippen molar-refractivity contribution in [3.05, 3.63) is 16.0 Å². The van der Waals surface area contributed by atoms with E-state index in [-0.39, 0.29) is 0 Å². The molecule has 2 saturated heterocycles. The number of aryl methyl sites for hydroxylation is 1.